The number of hydrogen-bond donors (Lipinski definition) is 2. The van der Waals surface area contributed by atoms with E-state index < -0.39 is 18.2 Å². The third-order valence-corrected chi connectivity index (χ3v) is 5.00. The van der Waals surface area contributed by atoms with Gasteiger partial charge in [-0.25, -0.2) is 9.59 Å². The Bertz CT molecular complexity index is 905. The summed E-state index contributed by atoms with van der Waals surface area (Å²) in [5.41, 5.74) is 5.17. The molecule has 8 nitrogen and oxygen atoms in total. The van der Waals surface area contributed by atoms with Crippen molar-refractivity contribution in [1.82, 2.24) is 9.78 Å². The van der Waals surface area contributed by atoms with Crippen LogP contribution in [0.1, 0.15) is 17.5 Å². The smallest absolute Gasteiger partial charge is 0.415 e. The van der Waals surface area contributed by atoms with E-state index in [1.54, 1.807) is 0 Å². The fraction of sp³-hybridized carbons (Fsp3) is 0.389. The zero-order chi connectivity index (χ0) is 18.4. The molecule has 0 spiro atoms. The molecule has 1 aromatic heterocycles. The molecule has 0 unspecified atom stereocenters. The fourth-order valence-electron chi connectivity index (χ4n) is 3.79. The normalized spacial score (nSPS) is 18.8. The highest BCUT2D eigenvalue weighted by molar-refractivity contribution is 5.94. The number of carbonyl (C=O) groups is 2. The van der Waals surface area contributed by atoms with Gasteiger partial charge < -0.3 is 15.2 Å². The van der Waals surface area contributed by atoms with Crippen molar-refractivity contribution in [1.29, 1.82) is 0 Å². The topological polar surface area (TPSA) is 96.7 Å². The summed E-state index contributed by atoms with van der Waals surface area (Å²) in [5.74, 6) is -0.235. The van der Waals surface area contributed by atoms with Crippen LogP contribution in [0.15, 0.2) is 18.2 Å². The van der Waals surface area contributed by atoms with Gasteiger partial charge in [-0.1, -0.05) is 6.07 Å². The third-order valence-electron chi connectivity index (χ3n) is 5.00. The molecule has 1 atom stereocenters. The first-order valence-corrected chi connectivity index (χ1v) is 8.57. The molecule has 2 heterocycles. The lowest BCUT2D eigenvalue weighted by atomic mass is 10.0. The van der Waals surface area contributed by atoms with Gasteiger partial charge in [0.15, 0.2) is 5.82 Å². The SMILES string of the molecule is CNc1nn(C)c2c1CCCc1cc(N3C[C@H](C(=O)O)OC3=O)ccc1-2. The summed E-state index contributed by atoms with van der Waals surface area (Å²) in [6.07, 6.45) is 1.04. The molecule has 4 rings (SSSR count). The number of aromatic nitrogens is 2. The van der Waals surface area contributed by atoms with Gasteiger partial charge in [0.2, 0.25) is 6.10 Å². The summed E-state index contributed by atoms with van der Waals surface area (Å²) in [7, 11) is 3.80. The van der Waals surface area contributed by atoms with E-state index in [0.29, 0.717) is 5.69 Å². The molecule has 1 saturated heterocycles. The molecule has 1 amide bonds. The summed E-state index contributed by atoms with van der Waals surface area (Å²) >= 11 is 0. The second-order valence-corrected chi connectivity index (χ2v) is 6.57. The van der Waals surface area contributed by atoms with Crippen LogP contribution in [0.2, 0.25) is 0 Å². The van der Waals surface area contributed by atoms with Crippen LogP contribution in [0.25, 0.3) is 11.3 Å². The minimum Gasteiger partial charge on any atom is -0.478 e. The minimum absolute atomic E-state index is 0.0216. The summed E-state index contributed by atoms with van der Waals surface area (Å²) < 4.78 is 6.80. The van der Waals surface area contributed by atoms with Gasteiger partial charge >= 0.3 is 12.1 Å². The largest absolute Gasteiger partial charge is 0.478 e. The van der Waals surface area contributed by atoms with Crippen molar-refractivity contribution < 1.29 is 19.4 Å². The number of fused-ring (bicyclic) bond motifs is 3. The molecular formula is C18H20N4O4. The van der Waals surface area contributed by atoms with Gasteiger partial charge in [-0.2, -0.15) is 5.10 Å². The highest BCUT2D eigenvalue weighted by Crippen LogP contribution is 2.37. The van der Waals surface area contributed by atoms with E-state index in [0.717, 1.165) is 41.9 Å². The van der Waals surface area contributed by atoms with Crippen molar-refractivity contribution in [3.8, 4) is 11.3 Å². The molecule has 1 aliphatic heterocycles. The number of nitrogens with one attached hydrogen (secondary N) is 1. The lowest BCUT2D eigenvalue weighted by Crippen LogP contribution is -2.27. The first-order chi connectivity index (χ1) is 12.5. The van der Waals surface area contributed by atoms with E-state index in [1.165, 1.54) is 10.5 Å². The Labute approximate surface area is 150 Å². The van der Waals surface area contributed by atoms with Gasteiger partial charge in [0.25, 0.3) is 0 Å². The van der Waals surface area contributed by atoms with Crippen molar-refractivity contribution in [2.24, 2.45) is 7.05 Å². The number of carbonyl (C=O) groups excluding carboxylic acids is 1. The molecule has 1 fully saturated rings. The number of carboxylic acids is 1. The van der Waals surface area contributed by atoms with Crippen LogP contribution < -0.4 is 10.2 Å². The summed E-state index contributed by atoms with van der Waals surface area (Å²) in [5, 5.41) is 16.8. The van der Waals surface area contributed by atoms with Gasteiger partial charge in [-0.3, -0.25) is 9.58 Å². The average Bonchev–Trinajstić information content (AvgIpc) is 3.08. The summed E-state index contributed by atoms with van der Waals surface area (Å²) in [4.78, 5) is 24.5. The van der Waals surface area contributed by atoms with Crippen molar-refractivity contribution in [3.05, 3.63) is 29.3 Å². The van der Waals surface area contributed by atoms with Crippen molar-refractivity contribution >= 4 is 23.6 Å². The standard InChI is InChI=1S/C18H20N4O4/c1-19-16-13-5-3-4-10-8-11(6-7-12(10)15(13)21(2)20-16)22-9-14(17(23)24)26-18(22)25/h6-8,14H,3-5,9H2,1-2H3,(H,19,20)(H,23,24)/t14-/m1/s1. The molecule has 2 aliphatic rings. The van der Waals surface area contributed by atoms with E-state index in [2.05, 4.69) is 10.4 Å². The van der Waals surface area contributed by atoms with Gasteiger partial charge in [-0.05, 0) is 37.0 Å². The summed E-state index contributed by atoms with van der Waals surface area (Å²) in [6.45, 7) is 0.0216. The van der Waals surface area contributed by atoms with Gasteiger partial charge in [0.05, 0.1) is 12.2 Å². The quantitative estimate of drug-likeness (QED) is 0.873. The number of amides is 1. The van der Waals surface area contributed by atoms with Gasteiger partial charge in [0.1, 0.15) is 0 Å². The Balaban J connectivity index is 1.74. The number of aryl methyl sites for hydroxylation is 2. The van der Waals surface area contributed by atoms with Crippen molar-refractivity contribution in [2.45, 2.75) is 25.4 Å². The highest BCUT2D eigenvalue weighted by atomic mass is 16.6. The van der Waals surface area contributed by atoms with Crippen LogP contribution in [0.5, 0.6) is 0 Å². The van der Waals surface area contributed by atoms with Crippen LogP contribution >= 0.6 is 0 Å². The van der Waals surface area contributed by atoms with E-state index in [1.807, 2.05) is 37.0 Å². The van der Waals surface area contributed by atoms with Crippen LogP contribution in [0.3, 0.4) is 0 Å². The number of anilines is 2. The molecule has 2 N–H and O–H groups in total. The predicted molar refractivity (Wildman–Crippen MR) is 95.5 cm³/mol. The van der Waals surface area contributed by atoms with Gasteiger partial charge in [-0.15, -0.1) is 0 Å². The fourth-order valence-corrected chi connectivity index (χ4v) is 3.79. The lowest BCUT2D eigenvalue weighted by Gasteiger charge is -2.16. The maximum absolute atomic E-state index is 12.0. The molecule has 0 bridgehead atoms. The highest BCUT2D eigenvalue weighted by Gasteiger charge is 2.37. The summed E-state index contributed by atoms with van der Waals surface area (Å²) in [6, 6.07) is 5.78. The maximum atomic E-state index is 12.0. The number of benzene rings is 1. The number of rotatable bonds is 3. The molecule has 0 radical (unpaired) electrons. The number of hydrogen-bond acceptors (Lipinski definition) is 5. The van der Waals surface area contributed by atoms with Crippen molar-refractivity contribution in [3.63, 3.8) is 0 Å². The molecule has 1 aliphatic carbocycles. The van der Waals surface area contributed by atoms with Crippen LogP contribution in [0.4, 0.5) is 16.3 Å². The number of nitrogens with zero attached hydrogens (tertiary/aromatic N) is 3. The minimum atomic E-state index is -1.13. The lowest BCUT2D eigenvalue weighted by molar-refractivity contribution is -0.144. The first kappa shape index (κ1) is 16.4. The molecule has 8 heteroatoms. The van der Waals surface area contributed by atoms with E-state index in [-0.39, 0.29) is 6.54 Å². The molecule has 2 aromatic rings. The molecule has 0 saturated carbocycles. The molecule has 136 valence electrons. The predicted octanol–water partition coefficient (Wildman–Crippen LogP) is 2.03. The molecule has 26 heavy (non-hydrogen) atoms. The Morgan fingerprint density at radius 3 is 2.88 bits per heavy atom. The monoisotopic (exact) mass is 356 g/mol. The first-order valence-electron chi connectivity index (χ1n) is 8.57. The third kappa shape index (κ3) is 2.49. The zero-order valence-electron chi connectivity index (χ0n) is 14.7. The molecule has 1 aromatic carbocycles. The number of ether oxygens (including phenoxy) is 1. The average molecular weight is 356 g/mol. The Kier molecular flexibility index (Phi) is 3.82. The zero-order valence-corrected chi connectivity index (χ0v) is 14.7. The number of carboxylic acid groups (broad SMARTS) is 1. The van der Waals surface area contributed by atoms with Crippen LogP contribution in [0, 0.1) is 0 Å². The maximum Gasteiger partial charge on any atom is 0.415 e. The number of aliphatic carboxylic acids is 1. The van der Waals surface area contributed by atoms with Gasteiger partial charge in [0, 0.05) is 30.9 Å². The Morgan fingerprint density at radius 1 is 1.38 bits per heavy atom. The van der Waals surface area contributed by atoms with Crippen LogP contribution in [-0.4, -0.2) is 46.6 Å². The van der Waals surface area contributed by atoms with E-state index in [4.69, 9.17) is 9.84 Å². The van der Waals surface area contributed by atoms with E-state index >= 15 is 0 Å². The second kappa shape index (κ2) is 6.05. The van der Waals surface area contributed by atoms with Crippen molar-refractivity contribution in [2.75, 3.05) is 23.8 Å². The van der Waals surface area contributed by atoms with E-state index in [9.17, 15) is 9.59 Å². The Hall–Kier alpha value is -3.03. The Morgan fingerprint density at radius 2 is 2.19 bits per heavy atom. The molecular weight excluding hydrogens is 336 g/mol. The second-order valence-electron chi connectivity index (χ2n) is 6.57. The number of cyclic esters (lactones) is 1. The van der Waals surface area contributed by atoms with Crippen LogP contribution in [-0.2, 0) is 29.4 Å².